The zero-order valence-corrected chi connectivity index (χ0v) is 19.3. The molecular weight excluding hydrogens is 429 g/mol. The maximum absolute atomic E-state index is 13.6. The van der Waals surface area contributed by atoms with E-state index in [1.54, 1.807) is 17.9 Å². The summed E-state index contributed by atoms with van der Waals surface area (Å²) in [6.07, 6.45) is -2.40. The molecule has 2 aromatic carbocycles. The Morgan fingerprint density at radius 2 is 1.79 bits per heavy atom. The molecule has 1 N–H and O–H groups in total. The smallest absolute Gasteiger partial charge is 0.326 e. The van der Waals surface area contributed by atoms with Gasteiger partial charge in [-0.25, -0.2) is 0 Å². The molecule has 0 bridgehead atoms. The molecule has 0 aromatic heterocycles. The first-order valence-electron chi connectivity index (χ1n) is 11.4. The number of anilines is 2. The molecule has 1 saturated heterocycles. The van der Waals surface area contributed by atoms with Gasteiger partial charge in [0.2, 0.25) is 11.8 Å². The van der Waals surface area contributed by atoms with Crippen LogP contribution in [0.25, 0.3) is 0 Å². The number of para-hydroxylation sites is 1. The molecule has 1 aliphatic heterocycles. The number of alkyl halides is 3. The van der Waals surface area contributed by atoms with Crippen LogP contribution in [0, 0.1) is 25.2 Å². The minimum Gasteiger partial charge on any atom is -0.326 e. The van der Waals surface area contributed by atoms with E-state index in [0.717, 1.165) is 35.7 Å². The fraction of sp³-hybridized carbons (Fsp3) is 0.462. The summed E-state index contributed by atoms with van der Waals surface area (Å²) in [5.74, 6) is -1.06. The van der Waals surface area contributed by atoms with Gasteiger partial charge in [-0.2, -0.15) is 13.2 Å². The normalized spacial score (nSPS) is 23.2. The summed E-state index contributed by atoms with van der Waals surface area (Å²) in [4.78, 5) is 28.5. The van der Waals surface area contributed by atoms with Crippen LogP contribution in [0.4, 0.5) is 24.5 Å². The molecule has 2 fully saturated rings. The van der Waals surface area contributed by atoms with E-state index in [2.05, 4.69) is 5.32 Å². The third-order valence-electron chi connectivity index (χ3n) is 7.29. The van der Waals surface area contributed by atoms with Gasteiger partial charge in [0.15, 0.2) is 0 Å². The predicted molar refractivity (Wildman–Crippen MR) is 122 cm³/mol. The summed E-state index contributed by atoms with van der Waals surface area (Å²) in [5.41, 5.74) is 1.60. The van der Waals surface area contributed by atoms with Crippen molar-refractivity contribution < 1.29 is 22.8 Å². The van der Waals surface area contributed by atoms with Gasteiger partial charge in [0.05, 0.1) is 16.9 Å². The van der Waals surface area contributed by atoms with E-state index in [0.29, 0.717) is 12.0 Å². The van der Waals surface area contributed by atoms with Crippen molar-refractivity contribution in [1.29, 1.82) is 0 Å². The van der Waals surface area contributed by atoms with Crippen molar-refractivity contribution in [3.05, 3.63) is 58.7 Å². The van der Waals surface area contributed by atoms with Gasteiger partial charge in [0.1, 0.15) is 0 Å². The molecule has 4 nitrogen and oxygen atoms in total. The van der Waals surface area contributed by atoms with E-state index >= 15 is 0 Å². The highest BCUT2D eigenvalue weighted by molar-refractivity contribution is 6.07. The summed E-state index contributed by atoms with van der Waals surface area (Å²) in [5, 5.41) is 2.75. The van der Waals surface area contributed by atoms with Crippen LogP contribution in [0.5, 0.6) is 0 Å². The van der Waals surface area contributed by atoms with Crippen molar-refractivity contribution in [2.75, 3.05) is 16.8 Å². The fourth-order valence-electron chi connectivity index (χ4n) is 5.03. The van der Waals surface area contributed by atoms with Crippen LogP contribution in [0.2, 0.25) is 0 Å². The fourth-order valence-corrected chi connectivity index (χ4v) is 5.03. The van der Waals surface area contributed by atoms with Crippen LogP contribution in [-0.4, -0.2) is 18.4 Å². The molecular formula is C26H29F3N2O2. The molecule has 33 heavy (non-hydrogen) atoms. The molecule has 1 saturated carbocycles. The standard InChI is InChI=1S/C26H29F3N2O2/c1-5-25(14-31(23(32)17(25)4)22-15(2)7-6-8-16(22)3)24(33)30-21-12-19(18-9-10-18)11-20(13-21)26(27,28)29/h6-8,11-13,17-18H,5,9-10,14H2,1-4H3,(H,30,33)/t17-,25+/m1/s1. The van der Waals surface area contributed by atoms with E-state index in [1.807, 2.05) is 39.0 Å². The minimum atomic E-state index is -4.50. The maximum atomic E-state index is 13.6. The van der Waals surface area contributed by atoms with E-state index in [9.17, 15) is 22.8 Å². The van der Waals surface area contributed by atoms with Crippen LogP contribution >= 0.6 is 0 Å². The third kappa shape index (κ3) is 4.13. The lowest BCUT2D eigenvalue weighted by atomic mass is 9.75. The molecule has 0 radical (unpaired) electrons. The molecule has 1 heterocycles. The Morgan fingerprint density at radius 3 is 2.33 bits per heavy atom. The minimum absolute atomic E-state index is 0.106. The number of nitrogens with zero attached hydrogens (tertiary/aromatic N) is 1. The Bertz CT molecular complexity index is 1090. The van der Waals surface area contributed by atoms with Crippen molar-refractivity contribution in [3.63, 3.8) is 0 Å². The Labute approximate surface area is 192 Å². The lowest BCUT2D eigenvalue weighted by molar-refractivity contribution is -0.137. The molecule has 2 atom stereocenters. The zero-order chi connectivity index (χ0) is 24.1. The average molecular weight is 459 g/mol. The maximum Gasteiger partial charge on any atom is 0.416 e. The van der Waals surface area contributed by atoms with E-state index in [1.165, 1.54) is 6.07 Å². The summed E-state index contributed by atoms with van der Waals surface area (Å²) >= 11 is 0. The predicted octanol–water partition coefficient (Wildman–Crippen LogP) is 6.22. The van der Waals surface area contributed by atoms with Crippen LogP contribution < -0.4 is 10.2 Å². The average Bonchev–Trinajstić information content (AvgIpc) is 3.56. The molecule has 0 unspecified atom stereocenters. The topological polar surface area (TPSA) is 49.4 Å². The van der Waals surface area contributed by atoms with Gasteiger partial charge < -0.3 is 10.2 Å². The second-order valence-electron chi connectivity index (χ2n) is 9.47. The number of hydrogen-bond acceptors (Lipinski definition) is 2. The highest BCUT2D eigenvalue weighted by Gasteiger charge is 2.54. The second kappa shape index (κ2) is 8.19. The molecule has 4 rings (SSSR count). The van der Waals surface area contributed by atoms with Crippen LogP contribution in [0.1, 0.15) is 61.3 Å². The van der Waals surface area contributed by atoms with Crippen molar-refractivity contribution >= 4 is 23.2 Å². The Kier molecular flexibility index (Phi) is 5.79. The summed E-state index contributed by atoms with van der Waals surface area (Å²) < 4.78 is 40.4. The van der Waals surface area contributed by atoms with Gasteiger partial charge in [0.25, 0.3) is 0 Å². The first-order valence-corrected chi connectivity index (χ1v) is 11.4. The van der Waals surface area contributed by atoms with E-state index < -0.39 is 29.0 Å². The largest absolute Gasteiger partial charge is 0.416 e. The van der Waals surface area contributed by atoms with E-state index in [4.69, 9.17) is 0 Å². The van der Waals surface area contributed by atoms with Gasteiger partial charge in [0, 0.05) is 17.9 Å². The first-order chi connectivity index (χ1) is 15.5. The summed E-state index contributed by atoms with van der Waals surface area (Å²) in [6.45, 7) is 7.62. The third-order valence-corrected chi connectivity index (χ3v) is 7.29. The number of amides is 2. The monoisotopic (exact) mass is 458 g/mol. The molecule has 0 spiro atoms. The number of carbonyl (C=O) groups is 2. The zero-order valence-electron chi connectivity index (χ0n) is 19.3. The number of benzene rings is 2. The Morgan fingerprint density at radius 1 is 1.15 bits per heavy atom. The molecule has 2 amide bonds. The van der Waals surface area contributed by atoms with E-state index in [-0.39, 0.29) is 24.1 Å². The molecule has 1 aliphatic carbocycles. The number of rotatable bonds is 5. The lowest BCUT2D eigenvalue weighted by Crippen LogP contribution is -2.42. The van der Waals surface area contributed by atoms with Gasteiger partial charge in [-0.15, -0.1) is 0 Å². The molecule has 2 aliphatic rings. The molecule has 176 valence electrons. The lowest BCUT2D eigenvalue weighted by Gasteiger charge is -2.30. The summed E-state index contributed by atoms with van der Waals surface area (Å²) in [7, 11) is 0. The number of carbonyl (C=O) groups excluding carboxylic acids is 2. The summed E-state index contributed by atoms with van der Waals surface area (Å²) in [6, 6.07) is 9.57. The number of nitrogens with one attached hydrogen (secondary N) is 1. The Balaban J connectivity index is 1.67. The Hall–Kier alpha value is -2.83. The van der Waals surface area contributed by atoms with Crippen LogP contribution in [0.3, 0.4) is 0 Å². The van der Waals surface area contributed by atoms with Crippen molar-refractivity contribution in [1.82, 2.24) is 0 Å². The van der Waals surface area contributed by atoms with Crippen LogP contribution in [-0.2, 0) is 15.8 Å². The highest BCUT2D eigenvalue weighted by atomic mass is 19.4. The van der Waals surface area contributed by atoms with Gasteiger partial charge in [-0.3, -0.25) is 9.59 Å². The SMILES string of the molecule is CC[C@]1(C(=O)Nc2cc(C3CC3)cc(C(F)(F)F)c2)CN(c2c(C)cccc2C)C(=O)[C@H]1C. The van der Waals surface area contributed by atoms with Crippen molar-refractivity contribution in [2.24, 2.45) is 11.3 Å². The molecule has 2 aromatic rings. The number of hydrogen-bond donors (Lipinski definition) is 1. The quantitative estimate of drug-likeness (QED) is 0.579. The highest BCUT2D eigenvalue weighted by Crippen LogP contribution is 2.46. The van der Waals surface area contributed by atoms with Gasteiger partial charge >= 0.3 is 6.18 Å². The number of halogens is 3. The first kappa shape index (κ1) is 23.3. The van der Waals surface area contributed by atoms with Crippen molar-refractivity contribution in [3.8, 4) is 0 Å². The van der Waals surface area contributed by atoms with Gasteiger partial charge in [-0.05, 0) is 73.9 Å². The second-order valence-corrected chi connectivity index (χ2v) is 9.47. The number of aryl methyl sites for hydroxylation is 2. The van der Waals surface area contributed by atoms with Crippen molar-refractivity contribution in [2.45, 2.75) is 59.1 Å². The molecule has 7 heteroatoms. The van der Waals surface area contributed by atoms with Crippen LogP contribution in [0.15, 0.2) is 36.4 Å². The van der Waals surface area contributed by atoms with Gasteiger partial charge in [-0.1, -0.05) is 32.0 Å².